The van der Waals surface area contributed by atoms with Gasteiger partial charge in [-0.1, -0.05) is 22.0 Å². The first-order chi connectivity index (χ1) is 6.13. The lowest BCUT2D eigenvalue weighted by atomic mass is 10.2. The maximum absolute atomic E-state index is 13.1. The van der Waals surface area contributed by atoms with Gasteiger partial charge in [0.25, 0.3) is 0 Å². The molecule has 1 aromatic rings. The van der Waals surface area contributed by atoms with Crippen molar-refractivity contribution in [2.75, 3.05) is 5.32 Å². The maximum atomic E-state index is 13.1. The number of hydrogen-bond donors (Lipinski definition) is 1. The zero-order valence-electron chi connectivity index (χ0n) is 7.35. The van der Waals surface area contributed by atoms with Gasteiger partial charge in [0, 0.05) is 10.5 Å². The average Bonchev–Trinajstić information content (AvgIpc) is 2.11. The SMILES string of the molecule is C=CC(C)Nc1cc(Br)ccc1F. The monoisotopic (exact) mass is 243 g/mol. The fourth-order valence-electron chi connectivity index (χ4n) is 0.912. The molecule has 0 aliphatic heterocycles. The van der Waals surface area contributed by atoms with Crippen molar-refractivity contribution in [3.63, 3.8) is 0 Å². The van der Waals surface area contributed by atoms with Crippen LogP contribution in [0.1, 0.15) is 6.92 Å². The van der Waals surface area contributed by atoms with Gasteiger partial charge in [-0.15, -0.1) is 6.58 Å². The molecule has 3 heteroatoms. The Bertz CT molecular complexity index is 312. The summed E-state index contributed by atoms with van der Waals surface area (Å²) in [5.41, 5.74) is 0.488. The molecule has 0 heterocycles. The lowest BCUT2D eigenvalue weighted by Gasteiger charge is -2.11. The summed E-state index contributed by atoms with van der Waals surface area (Å²) in [4.78, 5) is 0. The summed E-state index contributed by atoms with van der Waals surface area (Å²) in [6, 6.07) is 4.85. The van der Waals surface area contributed by atoms with Crippen molar-refractivity contribution < 1.29 is 4.39 Å². The van der Waals surface area contributed by atoms with Gasteiger partial charge in [-0.25, -0.2) is 4.39 Å². The molecule has 0 spiro atoms. The quantitative estimate of drug-likeness (QED) is 0.801. The van der Waals surface area contributed by atoms with Crippen molar-refractivity contribution in [2.45, 2.75) is 13.0 Å². The number of nitrogens with one attached hydrogen (secondary N) is 1. The standard InChI is InChI=1S/C10H11BrFN/c1-3-7(2)13-10-6-8(11)4-5-9(10)12/h3-7,13H,1H2,2H3. The summed E-state index contributed by atoms with van der Waals surface area (Å²) in [5, 5.41) is 2.98. The van der Waals surface area contributed by atoms with Crippen LogP contribution in [0.3, 0.4) is 0 Å². The zero-order valence-corrected chi connectivity index (χ0v) is 8.94. The second-order valence-corrected chi connectivity index (χ2v) is 3.71. The van der Waals surface area contributed by atoms with Crippen LogP contribution < -0.4 is 5.32 Å². The van der Waals surface area contributed by atoms with Crippen LogP contribution in [0.5, 0.6) is 0 Å². The first-order valence-corrected chi connectivity index (χ1v) is 4.77. The Hall–Kier alpha value is -0.830. The summed E-state index contributed by atoms with van der Waals surface area (Å²) in [7, 11) is 0. The Kier molecular flexibility index (Phi) is 3.48. The van der Waals surface area contributed by atoms with Gasteiger partial charge < -0.3 is 5.32 Å². The molecule has 1 unspecified atom stereocenters. The third-order valence-electron chi connectivity index (χ3n) is 1.67. The first-order valence-electron chi connectivity index (χ1n) is 3.97. The number of rotatable bonds is 3. The highest BCUT2D eigenvalue weighted by Crippen LogP contribution is 2.20. The van der Waals surface area contributed by atoms with Gasteiger partial charge in [0.05, 0.1) is 5.69 Å². The Labute approximate surface area is 85.8 Å². The summed E-state index contributed by atoms with van der Waals surface area (Å²) in [6.07, 6.45) is 1.72. The molecule has 13 heavy (non-hydrogen) atoms. The summed E-state index contributed by atoms with van der Waals surface area (Å²) in [5.74, 6) is -0.253. The van der Waals surface area contributed by atoms with E-state index in [4.69, 9.17) is 0 Å². The van der Waals surface area contributed by atoms with Crippen LogP contribution in [0.15, 0.2) is 35.3 Å². The molecular weight excluding hydrogens is 233 g/mol. The van der Waals surface area contributed by atoms with E-state index < -0.39 is 0 Å². The van der Waals surface area contributed by atoms with E-state index in [1.807, 2.05) is 6.92 Å². The minimum atomic E-state index is -0.253. The Morgan fingerprint density at radius 1 is 1.62 bits per heavy atom. The van der Waals surface area contributed by atoms with Gasteiger partial charge in [-0.3, -0.25) is 0 Å². The highest BCUT2D eigenvalue weighted by Gasteiger charge is 2.03. The van der Waals surface area contributed by atoms with Crippen LogP contribution in [-0.2, 0) is 0 Å². The van der Waals surface area contributed by atoms with Crippen molar-refractivity contribution in [1.29, 1.82) is 0 Å². The first kappa shape index (κ1) is 10.3. The van der Waals surface area contributed by atoms with Crippen molar-refractivity contribution in [2.24, 2.45) is 0 Å². The van der Waals surface area contributed by atoms with Gasteiger partial charge in [0.1, 0.15) is 5.82 Å². The molecule has 1 rings (SSSR count). The van der Waals surface area contributed by atoms with Crippen molar-refractivity contribution in [3.05, 3.63) is 41.1 Å². The van der Waals surface area contributed by atoms with E-state index in [0.29, 0.717) is 5.69 Å². The van der Waals surface area contributed by atoms with Crippen LogP contribution in [0.2, 0.25) is 0 Å². The van der Waals surface area contributed by atoms with Crippen LogP contribution in [0, 0.1) is 5.82 Å². The maximum Gasteiger partial charge on any atom is 0.146 e. The number of halogens is 2. The van der Waals surface area contributed by atoms with E-state index in [9.17, 15) is 4.39 Å². The number of benzene rings is 1. The normalized spacial score (nSPS) is 12.2. The predicted octanol–water partition coefficient (Wildman–Crippen LogP) is 3.57. The smallest absolute Gasteiger partial charge is 0.146 e. The molecule has 0 amide bonds. The van der Waals surface area contributed by atoms with E-state index in [0.717, 1.165) is 4.47 Å². The molecule has 0 saturated carbocycles. The molecule has 1 nitrogen and oxygen atoms in total. The minimum absolute atomic E-state index is 0.0591. The summed E-state index contributed by atoms with van der Waals surface area (Å²) in [6.45, 7) is 5.52. The van der Waals surface area contributed by atoms with Gasteiger partial charge >= 0.3 is 0 Å². The van der Waals surface area contributed by atoms with Crippen molar-refractivity contribution >= 4 is 21.6 Å². The van der Waals surface area contributed by atoms with E-state index in [1.54, 1.807) is 18.2 Å². The highest BCUT2D eigenvalue weighted by atomic mass is 79.9. The molecule has 0 aromatic heterocycles. The van der Waals surface area contributed by atoms with Crippen molar-refractivity contribution in [1.82, 2.24) is 0 Å². The Morgan fingerprint density at radius 2 is 2.31 bits per heavy atom. The third kappa shape index (κ3) is 2.84. The van der Waals surface area contributed by atoms with Gasteiger partial charge in [0.2, 0.25) is 0 Å². The molecular formula is C10H11BrFN. The molecule has 1 atom stereocenters. The summed E-state index contributed by atoms with van der Waals surface area (Å²) < 4.78 is 14.0. The Balaban J connectivity index is 2.86. The van der Waals surface area contributed by atoms with E-state index in [1.165, 1.54) is 6.07 Å². The molecule has 0 fully saturated rings. The van der Waals surface area contributed by atoms with Crippen LogP contribution >= 0.6 is 15.9 Å². The number of hydrogen-bond acceptors (Lipinski definition) is 1. The predicted molar refractivity (Wildman–Crippen MR) is 57.4 cm³/mol. The second kappa shape index (κ2) is 4.42. The highest BCUT2D eigenvalue weighted by molar-refractivity contribution is 9.10. The molecule has 0 bridgehead atoms. The van der Waals surface area contributed by atoms with Gasteiger partial charge in [-0.2, -0.15) is 0 Å². The van der Waals surface area contributed by atoms with Crippen molar-refractivity contribution in [3.8, 4) is 0 Å². The fourth-order valence-corrected chi connectivity index (χ4v) is 1.27. The topological polar surface area (TPSA) is 12.0 Å². The molecule has 0 aliphatic rings. The van der Waals surface area contributed by atoms with Crippen LogP contribution in [-0.4, -0.2) is 6.04 Å². The van der Waals surface area contributed by atoms with E-state index >= 15 is 0 Å². The van der Waals surface area contributed by atoms with Gasteiger partial charge in [0.15, 0.2) is 0 Å². The van der Waals surface area contributed by atoms with Crippen LogP contribution in [0.4, 0.5) is 10.1 Å². The fraction of sp³-hybridized carbons (Fsp3) is 0.200. The molecule has 0 saturated heterocycles. The molecule has 0 radical (unpaired) electrons. The number of anilines is 1. The molecule has 70 valence electrons. The van der Waals surface area contributed by atoms with Crippen LogP contribution in [0.25, 0.3) is 0 Å². The van der Waals surface area contributed by atoms with E-state index in [2.05, 4.69) is 27.8 Å². The summed E-state index contributed by atoms with van der Waals surface area (Å²) >= 11 is 3.28. The van der Waals surface area contributed by atoms with Gasteiger partial charge in [-0.05, 0) is 25.1 Å². The molecule has 1 N–H and O–H groups in total. The average molecular weight is 244 g/mol. The Morgan fingerprint density at radius 3 is 2.92 bits per heavy atom. The third-order valence-corrected chi connectivity index (χ3v) is 2.16. The molecule has 0 aliphatic carbocycles. The van der Waals surface area contributed by atoms with E-state index in [-0.39, 0.29) is 11.9 Å². The lowest BCUT2D eigenvalue weighted by molar-refractivity contribution is 0.629. The molecule has 1 aromatic carbocycles. The zero-order chi connectivity index (χ0) is 9.84. The largest absolute Gasteiger partial charge is 0.377 e. The minimum Gasteiger partial charge on any atom is -0.377 e. The lowest BCUT2D eigenvalue weighted by Crippen LogP contribution is -2.12. The second-order valence-electron chi connectivity index (χ2n) is 2.79.